The number of rotatable bonds is 5. The molecule has 2 atom stereocenters. The summed E-state index contributed by atoms with van der Waals surface area (Å²) in [5.74, 6) is 0. The quantitative estimate of drug-likeness (QED) is 0.902. The van der Waals surface area contributed by atoms with Crippen LogP contribution in [-0.4, -0.2) is 48.8 Å². The van der Waals surface area contributed by atoms with Crippen molar-refractivity contribution in [1.82, 2.24) is 10.2 Å². The summed E-state index contributed by atoms with van der Waals surface area (Å²) >= 11 is 0. The van der Waals surface area contributed by atoms with Gasteiger partial charge in [0.15, 0.2) is 0 Å². The minimum absolute atomic E-state index is 0.0470. The van der Waals surface area contributed by atoms with Gasteiger partial charge >= 0.3 is 0 Å². The van der Waals surface area contributed by atoms with E-state index < -0.39 is 0 Å². The van der Waals surface area contributed by atoms with Gasteiger partial charge in [-0.1, -0.05) is 30.3 Å². The first-order valence-corrected chi connectivity index (χ1v) is 8.09. The van der Waals surface area contributed by atoms with E-state index in [2.05, 4.69) is 68.2 Å². The number of nitrogens with one attached hydrogen (secondary N) is 1. The second kappa shape index (κ2) is 7.39. The van der Waals surface area contributed by atoms with Crippen molar-refractivity contribution in [3.8, 4) is 0 Å². The molecule has 3 nitrogen and oxygen atoms in total. The third kappa shape index (κ3) is 5.77. The number of ether oxygens (including phenoxy) is 1. The van der Waals surface area contributed by atoms with E-state index in [1.165, 1.54) is 5.56 Å². The van der Waals surface area contributed by atoms with Crippen LogP contribution in [-0.2, 0) is 11.2 Å². The molecule has 118 valence electrons. The number of benzene rings is 1. The molecule has 1 heterocycles. The molecule has 1 aromatic carbocycles. The fourth-order valence-electron chi connectivity index (χ4n) is 2.86. The minimum Gasteiger partial charge on any atom is -0.375 e. The second-order valence-corrected chi connectivity index (χ2v) is 7.11. The zero-order chi connectivity index (χ0) is 15.3. The molecule has 21 heavy (non-hydrogen) atoms. The van der Waals surface area contributed by atoms with E-state index in [9.17, 15) is 0 Å². The van der Waals surface area contributed by atoms with Crippen molar-refractivity contribution < 1.29 is 4.74 Å². The van der Waals surface area contributed by atoms with Crippen LogP contribution in [0.15, 0.2) is 30.3 Å². The Morgan fingerprint density at radius 3 is 2.62 bits per heavy atom. The van der Waals surface area contributed by atoms with Crippen molar-refractivity contribution in [3.05, 3.63) is 35.9 Å². The van der Waals surface area contributed by atoms with Gasteiger partial charge in [-0.05, 0) is 39.7 Å². The Morgan fingerprint density at radius 1 is 1.24 bits per heavy atom. The lowest BCUT2D eigenvalue weighted by atomic mass is 10.0. The third-order valence-corrected chi connectivity index (χ3v) is 3.95. The number of hydrogen-bond donors (Lipinski definition) is 1. The second-order valence-electron chi connectivity index (χ2n) is 7.11. The number of hydrogen-bond acceptors (Lipinski definition) is 3. The lowest BCUT2D eigenvalue weighted by molar-refractivity contribution is -0.0217. The van der Waals surface area contributed by atoms with E-state index >= 15 is 0 Å². The molecule has 1 saturated heterocycles. The van der Waals surface area contributed by atoms with Crippen molar-refractivity contribution in [2.75, 3.05) is 26.2 Å². The summed E-state index contributed by atoms with van der Waals surface area (Å²) in [6.07, 6.45) is 1.11. The molecule has 1 aromatic rings. The van der Waals surface area contributed by atoms with Crippen molar-refractivity contribution >= 4 is 0 Å². The molecular formula is C18H30N2O. The van der Waals surface area contributed by atoms with Crippen molar-refractivity contribution in [3.63, 3.8) is 0 Å². The summed E-state index contributed by atoms with van der Waals surface area (Å²) in [4.78, 5) is 2.58. The molecule has 1 aliphatic rings. The summed E-state index contributed by atoms with van der Waals surface area (Å²) in [6, 6.07) is 11.9. The van der Waals surface area contributed by atoms with Gasteiger partial charge < -0.3 is 10.1 Å². The maximum absolute atomic E-state index is 5.90. The Morgan fingerprint density at radius 2 is 1.95 bits per heavy atom. The highest BCUT2D eigenvalue weighted by atomic mass is 16.5. The fourth-order valence-corrected chi connectivity index (χ4v) is 2.86. The minimum atomic E-state index is -0.0470. The molecule has 2 rings (SSSR count). The normalized spacial score (nSPS) is 24.2. The van der Waals surface area contributed by atoms with E-state index in [1.807, 2.05) is 0 Å². The number of nitrogens with zero attached hydrogens (tertiary/aromatic N) is 1. The predicted molar refractivity (Wildman–Crippen MR) is 88.7 cm³/mol. The van der Waals surface area contributed by atoms with Gasteiger partial charge in [0.2, 0.25) is 0 Å². The first-order valence-electron chi connectivity index (χ1n) is 8.09. The Bertz CT molecular complexity index is 413. The highest BCUT2D eigenvalue weighted by Crippen LogP contribution is 2.14. The van der Waals surface area contributed by atoms with Gasteiger partial charge in [0.25, 0.3) is 0 Å². The first-order chi connectivity index (χ1) is 9.94. The molecule has 1 fully saturated rings. The topological polar surface area (TPSA) is 24.5 Å². The smallest absolute Gasteiger partial charge is 0.0600 e. The van der Waals surface area contributed by atoms with Crippen LogP contribution in [0.5, 0.6) is 0 Å². The van der Waals surface area contributed by atoms with Crippen molar-refractivity contribution in [2.45, 2.75) is 51.8 Å². The molecule has 1 N–H and O–H groups in total. The van der Waals surface area contributed by atoms with Crippen LogP contribution >= 0.6 is 0 Å². The highest BCUT2D eigenvalue weighted by molar-refractivity contribution is 5.16. The Kier molecular flexibility index (Phi) is 5.80. The molecule has 2 unspecified atom stereocenters. The monoisotopic (exact) mass is 290 g/mol. The molecular weight excluding hydrogens is 260 g/mol. The molecule has 1 aliphatic heterocycles. The maximum Gasteiger partial charge on any atom is 0.0600 e. The lowest BCUT2D eigenvalue weighted by Gasteiger charge is -2.40. The largest absolute Gasteiger partial charge is 0.375 e. The zero-order valence-electron chi connectivity index (χ0n) is 13.9. The van der Waals surface area contributed by atoms with Crippen LogP contribution in [0, 0.1) is 0 Å². The lowest BCUT2D eigenvalue weighted by Crippen LogP contribution is -2.57. The van der Waals surface area contributed by atoms with Crippen LogP contribution in [0.2, 0.25) is 0 Å². The third-order valence-electron chi connectivity index (χ3n) is 3.95. The van der Waals surface area contributed by atoms with Crippen LogP contribution < -0.4 is 5.32 Å². The standard InChI is InChI=1S/C18H30N2O/c1-15-14-20(10-11-21-18(2,3)4)17(13-19-15)12-16-8-6-5-7-9-16/h5-9,15,17,19H,10-14H2,1-4H3. The molecule has 0 aliphatic carbocycles. The molecule has 3 heteroatoms. The Hall–Kier alpha value is -0.900. The Labute approximate surface area is 129 Å². The summed E-state index contributed by atoms with van der Waals surface area (Å²) in [7, 11) is 0. The van der Waals surface area contributed by atoms with Gasteiger partial charge in [-0.3, -0.25) is 4.90 Å². The summed E-state index contributed by atoms with van der Waals surface area (Å²) in [6.45, 7) is 12.6. The van der Waals surface area contributed by atoms with Gasteiger partial charge in [-0.2, -0.15) is 0 Å². The highest BCUT2D eigenvalue weighted by Gasteiger charge is 2.26. The zero-order valence-corrected chi connectivity index (χ0v) is 13.9. The average Bonchev–Trinajstić information content (AvgIpc) is 2.41. The Balaban J connectivity index is 1.90. The van der Waals surface area contributed by atoms with Crippen LogP contribution in [0.25, 0.3) is 0 Å². The first kappa shape index (κ1) is 16.5. The van der Waals surface area contributed by atoms with Crippen LogP contribution in [0.4, 0.5) is 0 Å². The maximum atomic E-state index is 5.90. The SMILES string of the molecule is CC1CN(CCOC(C)(C)C)C(Cc2ccccc2)CN1. The van der Waals surface area contributed by atoms with E-state index in [0.717, 1.165) is 32.7 Å². The van der Waals surface area contributed by atoms with Crippen molar-refractivity contribution in [1.29, 1.82) is 0 Å². The van der Waals surface area contributed by atoms with E-state index in [0.29, 0.717) is 12.1 Å². The molecule has 0 aromatic heterocycles. The molecule has 0 spiro atoms. The summed E-state index contributed by atoms with van der Waals surface area (Å²) in [5.41, 5.74) is 1.37. The van der Waals surface area contributed by atoms with Crippen LogP contribution in [0.3, 0.4) is 0 Å². The van der Waals surface area contributed by atoms with E-state index in [4.69, 9.17) is 4.74 Å². The fraction of sp³-hybridized carbons (Fsp3) is 0.667. The number of piperazine rings is 1. The van der Waals surface area contributed by atoms with Crippen LogP contribution in [0.1, 0.15) is 33.3 Å². The summed E-state index contributed by atoms with van der Waals surface area (Å²) < 4.78 is 5.90. The van der Waals surface area contributed by atoms with E-state index in [1.54, 1.807) is 0 Å². The average molecular weight is 290 g/mol. The predicted octanol–water partition coefficient (Wildman–Crippen LogP) is 2.71. The molecule has 0 bridgehead atoms. The van der Waals surface area contributed by atoms with Crippen molar-refractivity contribution in [2.24, 2.45) is 0 Å². The van der Waals surface area contributed by atoms with Gasteiger partial charge in [0.05, 0.1) is 12.2 Å². The van der Waals surface area contributed by atoms with Gasteiger partial charge in [0, 0.05) is 31.7 Å². The van der Waals surface area contributed by atoms with Gasteiger partial charge in [0.1, 0.15) is 0 Å². The van der Waals surface area contributed by atoms with Gasteiger partial charge in [-0.15, -0.1) is 0 Å². The molecule has 0 saturated carbocycles. The van der Waals surface area contributed by atoms with Gasteiger partial charge in [-0.25, -0.2) is 0 Å². The molecule has 0 radical (unpaired) electrons. The summed E-state index contributed by atoms with van der Waals surface area (Å²) in [5, 5.41) is 3.61. The van der Waals surface area contributed by atoms with E-state index in [-0.39, 0.29) is 5.60 Å². The molecule has 0 amide bonds.